The molecule has 116 valence electrons. The highest BCUT2D eigenvalue weighted by Gasteiger charge is 2.31. The SMILES string of the molecule is CCOC(=O)[C@H](CS)NC(=O)c1nn(C)c(C)c1[N+](=O)[O-]. The summed E-state index contributed by atoms with van der Waals surface area (Å²) in [5.74, 6) is -1.47. The number of hydrogen-bond acceptors (Lipinski definition) is 7. The average Bonchev–Trinajstić information content (AvgIpc) is 2.72. The Morgan fingerprint density at radius 1 is 1.57 bits per heavy atom. The van der Waals surface area contributed by atoms with E-state index in [2.05, 4.69) is 23.0 Å². The molecule has 0 bridgehead atoms. The molecule has 0 fully saturated rings. The molecule has 21 heavy (non-hydrogen) atoms. The lowest BCUT2D eigenvalue weighted by Crippen LogP contribution is -2.43. The maximum absolute atomic E-state index is 12.1. The second-order valence-electron chi connectivity index (χ2n) is 4.12. The fraction of sp³-hybridized carbons (Fsp3) is 0.545. The van der Waals surface area contributed by atoms with Crippen molar-refractivity contribution >= 4 is 30.2 Å². The van der Waals surface area contributed by atoms with Gasteiger partial charge >= 0.3 is 11.7 Å². The molecule has 10 heteroatoms. The summed E-state index contributed by atoms with van der Waals surface area (Å²) in [5.41, 5.74) is -0.503. The van der Waals surface area contributed by atoms with Crippen LogP contribution in [0.4, 0.5) is 5.69 Å². The summed E-state index contributed by atoms with van der Waals surface area (Å²) in [6, 6.07) is -0.998. The number of nitro groups is 1. The van der Waals surface area contributed by atoms with E-state index in [0.717, 1.165) is 0 Å². The first kappa shape index (κ1) is 17.0. The molecule has 1 N–H and O–H groups in total. The summed E-state index contributed by atoms with van der Waals surface area (Å²) < 4.78 is 6.01. The molecule has 9 nitrogen and oxygen atoms in total. The van der Waals surface area contributed by atoms with E-state index >= 15 is 0 Å². The van der Waals surface area contributed by atoms with Crippen LogP contribution in [0, 0.1) is 17.0 Å². The van der Waals surface area contributed by atoms with E-state index in [1.54, 1.807) is 6.92 Å². The van der Waals surface area contributed by atoms with Crippen LogP contribution in [0.2, 0.25) is 0 Å². The van der Waals surface area contributed by atoms with E-state index in [0.29, 0.717) is 0 Å². The summed E-state index contributed by atoms with van der Waals surface area (Å²) >= 11 is 3.95. The number of hydrogen-bond donors (Lipinski definition) is 2. The largest absolute Gasteiger partial charge is 0.464 e. The zero-order chi connectivity index (χ0) is 16.2. The molecule has 0 unspecified atom stereocenters. The molecule has 0 aliphatic rings. The Morgan fingerprint density at radius 2 is 2.19 bits per heavy atom. The van der Waals surface area contributed by atoms with Crippen molar-refractivity contribution in [1.82, 2.24) is 15.1 Å². The van der Waals surface area contributed by atoms with Crippen LogP contribution in [-0.4, -0.2) is 45.0 Å². The van der Waals surface area contributed by atoms with Crippen LogP contribution in [0.5, 0.6) is 0 Å². The van der Waals surface area contributed by atoms with E-state index in [9.17, 15) is 19.7 Å². The molecule has 1 aromatic rings. The summed E-state index contributed by atoms with van der Waals surface area (Å²) in [7, 11) is 1.49. The molecule has 1 rings (SSSR count). The van der Waals surface area contributed by atoms with Gasteiger partial charge in [-0.3, -0.25) is 19.6 Å². The fourth-order valence-electron chi connectivity index (χ4n) is 1.62. The van der Waals surface area contributed by atoms with Crippen LogP contribution >= 0.6 is 12.6 Å². The quantitative estimate of drug-likeness (QED) is 0.336. The highest BCUT2D eigenvalue weighted by atomic mass is 32.1. The van der Waals surface area contributed by atoms with E-state index < -0.39 is 28.5 Å². The Bertz CT molecular complexity index is 571. The van der Waals surface area contributed by atoms with Gasteiger partial charge in [-0.25, -0.2) is 4.79 Å². The maximum atomic E-state index is 12.1. The molecule has 0 saturated heterocycles. The van der Waals surface area contributed by atoms with Gasteiger partial charge in [-0.2, -0.15) is 17.7 Å². The highest BCUT2D eigenvalue weighted by Crippen LogP contribution is 2.22. The molecular formula is C11H16N4O5S. The number of rotatable bonds is 6. The Labute approximate surface area is 126 Å². The molecule has 1 atom stereocenters. The molecule has 0 spiro atoms. The Hall–Kier alpha value is -2.10. The third kappa shape index (κ3) is 3.72. The molecule has 0 aliphatic heterocycles. The highest BCUT2D eigenvalue weighted by molar-refractivity contribution is 7.80. The van der Waals surface area contributed by atoms with Gasteiger partial charge in [0.25, 0.3) is 5.91 Å². The van der Waals surface area contributed by atoms with Gasteiger partial charge in [0.15, 0.2) is 0 Å². The van der Waals surface area contributed by atoms with Crippen molar-refractivity contribution in [2.75, 3.05) is 12.4 Å². The number of ether oxygens (including phenoxy) is 1. The van der Waals surface area contributed by atoms with Gasteiger partial charge < -0.3 is 10.1 Å². The van der Waals surface area contributed by atoms with Gasteiger partial charge in [-0.15, -0.1) is 0 Å². The van der Waals surface area contributed by atoms with E-state index in [4.69, 9.17) is 4.74 Å². The van der Waals surface area contributed by atoms with Crippen molar-refractivity contribution in [3.8, 4) is 0 Å². The zero-order valence-corrected chi connectivity index (χ0v) is 12.7. The lowest BCUT2D eigenvalue weighted by atomic mass is 10.2. The Kier molecular flexibility index (Phi) is 5.70. The number of nitrogens with zero attached hydrogens (tertiary/aromatic N) is 3. The average molecular weight is 316 g/mol. The summed E-state index contributed by atoms with van der Waals surface area (Å²) in [5, 5.41) is 17.2. The predicted molar refractivity (Wildman–Crippen MR) is 76.3 cm³/mol. The Morgan fingerprint density at radius 3 is 2.67 bits per heavy atom. The normalized spacial score (nSPS) is 11.8. The van der Waals surface area contributed by atoms with Gasteiger partial charge in [0, 0.05) is 12.8 Å². The predicted octanol–water partition coefficient (Wildman–Crippen LogP) is 0.228. The smallest absolute Gasteiger partial charge is 0.329 e. The molecular weight excluding hydrogens is 300 g/mol. The van der Waals surface area contributed by atoms with Crippen LogP contribution in [0.1, 0.15) is 23.1 Å². The summed E-state index contributed by atoms with van der Waals surface area (Å²) in [6.45, 7) is 3.26. The van der Waals surface area contributed by atoms with E-state index in [1.165, 1.54) is 18.7 Å². The van der Waals surface area contributed by atoms with Gasteiger partial charge in [0.2, 0.25) is 5.69 Å². The van der Waals surface area contributed by atoms with Gasteiger partial charge in [0.05, 0.1) is 11.5 Å². The number of aromatic nitrogens is 2. The summed E-state index contributed by atoms with van der Waals surface area (Å²) in [4.78, 5) is 34.0. The number of thiol groups is 1. The molecule has 1 aromatic heterocycles. The number of carbonyl (C=O) groups excluding carboxylic acids is 2. The van der Waals surface area contributed by atoms with Crippen LogP contribution in [0.3, 0.4) is 0 Å². The number of amides is 1. The van der Waals surface area contributed by atoms with Crippen molar-refractivity contribution in [3.05, 3.63) is 21.5 Å². The van der Waals surface area contributed by atoms with Crippen molar-refractivity contribution in [3.63, 3.8) is 0 Å². The lowest BCUT2D eigenvalue weighted by Gasteiger charge is -2.13. The van der Waals surface area contributed by atoms with Gasteiger partial charge in [-0.1, -0.05) is 0 Å². The lowest BCUT2D eigenvalue weighted by molar-refractivity contribution is -0.385. The first-order chi connectivity index (χ1) is 9.83. The Balaban J connectivity index is 3.01. The molecule has 0 saturated carbocycles. The van der Waals surface area contributed by atoms with Crippen molar-refractivity contribution < 1.29 is 19.2 Å². The number of aryl methyl sites for hydroxylation is 1. The molecule has 0 aromatic carbocycles. The fourth-order valence-corrected chi connectivity index (χ4v) is 1.86. The topological polar surface area (TPSA) is 116 Å². The summed E-state index contributed by atoms with van der Waals surface area (Å²) in [6.07, 6.45) is 0. The minimum absolute atomic E-state index is 0.00415. The monoisotopic (exact) mass is 316 g/mol. The van der Waals surface area contributed by atoms with Crippen LogP contribution in [-0.2, 0) is 16.6 Å². The first-order valence-electron chi connectivity index (χ1n) is 6.09. The molecule has 1 amide bonds. The second-order valence-corrected chi connectivity index (χ2v) is 4.49. The first-order valence-corrected chi connectivity index (χ1v) is 6.73. The van der Waals surface area contributed by atoms with Crippen molar-refractivity contribution in [2.45, 2.75) is 19.9 Å². The maximum Gasteiger partial charge on any atom is 0.329 e. The minimum Gasteiger partial charge on any atom is -0.464 e. The molecule has 0 radical (unpaired) electrons. The van der Waals surface area contributed by atoms with Crippen LogP contribution in [0.15, 0.2) is 0 Å². The van der Waals surface area contributed by atoms with E-state index in [-0.39, 0.29) is 23.7 Å². The number of nitrogens with one attached hydrogen (secondary N) is 1. The second kappa shape index (κ2) is 7.07. The van der Waals surface area contributed by atoms with Crippen molar-refractivity contribution in [1.29, 1.82) is 0 Å². The standard InChI is InChI=1S/C11H16N4O5S/c1-4-20-11(17)7(5-21)12-10(16)8-9(15(18)19)6(2)14(3)13-8/h7,21H,4-5H2,1-3H3,(H,12,16)/t7-/m0/s1. The zero-order valence-electron chi connectivity index (χ0n) is 11.8. The van der Waals surface area contributed by atoms with Crippen molar-refractivity contribution in [2.24, 2.45) is 7.05 Å². The van der Waals surface area contributed by atoms with Crippen LogP contribution < -0.4 is 5.32 Å². The minimum atomic E-state index is -0.998. The number of esters is 1. The third-order valence-corrected chi connectivity index (χ3v) is 3.12. The third-order valence-electron chi connectivity index (χ3n) is 2.76. The molecule has 1 heterocycles. The molecule has 0 aliphatic carbocycles. The van der Waals surface area contributed by atoms with E-state index in [1.807, 2.05) is 0 Å². The van der Waals surface area contributed by atoms with Crippen LogP contribution in [0.25, 0.3) is 0 Å². The van der Waals surface area contributed by atoms with Gasteiger partial charge in [-0.05, 0) is 13.8 Å². The number of carbonyl (C=O) groups is 2. The van der Waals surface area contributed by atoms with Gasteiger partial charge in [0.1, 0.15) is 11.7 Å².